The summed E-state index contributed by atoms with van der Waals surface area (Å²) in [7, 11) is 0. The Labute approximate surface area is 83.0 Å². The van der Waals surface area contributed by atoms with E-state index in [0.717, 1.165) is 0 Å². The summed E-state index contributed by atoms with van der Waals surface area (Å²) in [6, 6.07) is 5.03. The molecule has 0 saturated carbocycles. The average Bonchev–Trinajstić information content (AvgIpc) is 2.06. The number of nitrogens with zero attached hydrogens (tertiary/aromatic N) is 1. The SMILES string of the molecule is CC(Nc1ccccn1)C(N)=O.Cl. The highest BCUT2D eigenvalue weighted by molar-refractivity contribution is 5.85. The highest BCUT2D eigenvalue weighted by atomic mass is 35.5. The van der Waals surface area contributed by atoms with E-state index >= 15 is 0 Å². The van der Waals surface area contributed by atoms with Gasteiger partial charge in [0.05, 0.1) is 0 Å². The number of pyridine rings is 1. The number of nitrogens with two attached hydrogens (primary N) is 1. The highest BCUT2D eigenvalue weighted by Crippen LogP contribution is 2.01. The Morgan fingerprint density at radius 2 is 2.31 bits per heavy atom. The summed E-state index contributed by atoms with van der Waals surface area (Å²) in [6.07, 6.45) is 1.65. The van der Waals surface area contributed by atoms with Crippen molar-refractivity contribution in [3.8, 4) is 0 Å². The Balaban J connectivity index is 0.00000144. The van der Waals surface area contributed by atoms with E-state index in [1.807, 2.05) is 6.07 Å². The Kier molecular flexibility index (Phi) is 4.84. The van der Waals surface area contributed by atoms with E-state index in [2.05, 4.69) is 10.3 Å². The van der Waals surface area contributed by atoms with Gasteiger partial charge < -0.3 is 11.1 Å². The van der Waals surface area contributed by atoms with Crippen LogP contribution in [0.5, 0.6) is 0 Å². The van der Waals surface area contributed by atoms with Crippen molar-refractivity contribution in [1.29, 1.82) is 0 Å². The Morgan fingerprint density at radius 1 is 1.62 bits per heavy atom. The number of hydrogen-bond acceptors (Lipinski definition) is 3. The molecule has 3 N–H and O–H groups in total. The first-order valence-corrected chi connectivity index (χ1v) is 3.67. The Hall–Kier alpha value is -1.29. The van der Waals surface area contributed by atoms with Crippen molar-refractivity contribution in [2.24, 2.45) is 5.73 Å². The second-order valence-corrected chi connectivity index (χ2v) is 2.48. The lowest BCUT2D eigenvalue weighted by molar-refractivity contribution is -0.118. The summed E-state index contributed by atoms with van der Waals surface area (Å²) in [4.78, 5) is 14.6. The number of amides is 1. The van der Waals surface area contributed by atoms with Gasteiger partial charge in [-0.1, -0.05) is 6.07 Å². The molecule has 0 bridgehead atoms. The van der Waals surface area contributed by atoms with Gasteiger partial charge >= 0.3 is 0 Å². The molecule has 0 aliphatic heterocycles. The van der Waals surface area contributed by atoms with Crippen LogP contribution >= 0.6 is 12.4 Å². The number of anilines is 1. The van der Waals surface area contributed by atoms with Crippen LogP contribution in [0, 0.1) is 0 Å². The lowest BCUT2D eigenvalue weighted by Crippen LogP contribution is -2.32. The number of nitrogens with one attached hydrogen (secondary N) is 1. The van der Waals surface area contributed by atoms with E-state index in [4.69, 9.17) is 5.73 Å². The maximum atomic E-state index is 10.6. The lowest BCUT2D eigenvalue weighted by atomic mass is 10.3. The normalized spacial score (nSPS) is 11.2. The molecule has 0 spiro atoms. The van der Waals surface area contributed by atoms with Gasteiger partial charge in [-0.3, -0.25) is 4.79 Å². The predicted molar refractivity (Wildman–Crippen MR) is 53.8 cm³/mol. The summed E-state index contributed by atoms with van der Waals surface area (Å²) in [5.74, 6) is 0.268. The third kappa shape index (κ3) is 3.75. The van der Waals surface area contributed by atoms with Crippen LogP contribution in [0.4, 0.5) is 5.82 Å². The van der Waals surface area contributed by atoms with Crippen LogP contribution in [0.25, 0.3) is 0 Å². The van der Waals surface area contributed by atoms with Gasteiger partial charge in [-0.25, -0.2) is 4.98 Å². The van der Waals surface area contributed by atoms with Gasteiger partial charge in [-0.05, 0) is 19.1 Å². The zero-order chi connectivity index (χ0) is 8.97. The third-order valence-electron chi connectivity index (χ3n) is 1.46. The number of carbonyl (C=O) groups excluding carboxylic acids is 1. The van der Waals surface area contributed by atoms with Crippen molar-refractivity contribution in [2.75, 3.05) is 5.32 Å². The predicted octanol–water partition coefficient (Wildman–Crippen LogP) is 0.789. The molecule has 5 heteroatoms. The molecule has 1 aromatic rings. The van der Waals surface area contributed by atoms with Crippen LogP contribution in [0.3, 0.4) is 0 Å². The summed E-state index contributed by atoms with van der Waals surface area (Å²) in [6.45, 7) is 1.69. The lowest BCUT2D eigenvalue weighted by Gasteiger charge is -2.09. The fourth-order valence-electron chi connectivity index (χ4n) is 0.741. The van der Waals surface area contributed by atoms with Crippen molar-refractivity contribution < 1.29 is 4.79 Å². The molecular weight excluding hydrogens is 190 g/mol. The monoisotopic (exact) mass is 201 g/mol. The van der Waals surface area contributed by atoms with Crippen LogP contribution in [0.2, 0.25) is 0 Å². The first-order valence-electron chi connectivity index (χ1n) is 3.67. The topological polar surface area (TPSA) is 68.0 Å². The van der Waals surface area contributed by atoms with E-state index in [1.54, 1.807) is 25.3 Å². The van der Waals surface area contributed by atoms with Gasteiger partial charge in [-0.15, -0.1) is 12.4 Å². The summed E-state index contributed by atoms with van der Waals surface area (Å²) in [5.41, 5.74) is 5.05. The zero-order valence-electron chi connectivity index (χ0n) is 7.23. The molecule has 0 aliphatic rings. The maximum Gasteiger partial charge on any atom is 0.239 e. The summed E-state index contributed by atoms with van der Waals surface area (Å²) < 4.78 is 0. The van der Waals surface area contributed by atoms with E-state index in [0.29, 0.717) is 5.82 Å². The van der Waals surface area contributed by atoms with Gasteiger partial charge in [0.1, 0.15) is 11.9 Å². The number of primary amides is 1. The molecule has 1 rings (SSSR count). The second-order valence-electron chi connectivity index (χ2n) is 2.48. The number of halogens is 1. The molecule has 0 aromatic carbocycles. The first kappa shape index (κ1) is 11.7. The van der Waals surface area contributed by atoms with Gasteiger partial charge in [0.15, 0.2) is 0 Å². The minimum absolute atomic E-state index is 0. The van der Waals surface area contributed by atoms with Crippen LogP contribution in [-0.2, 0) is 4.79 Å². The van der Waals surface area contributed by atoms with E-state index in [9.17, 15) is 4.79 Å². The Bertz CT molecular complexity index is 265. The fourth-order valence-corrected chi connectivity index (χ4v) is 0.741. The molecule has 0 fully saturated rings. The minimum atomic E-state index is -0.389. The first-order chi connectivity index (χ1) is 5.70. The largest absolute Gasteiger partial charge is 0.368 e. The number of carbonyl (C=O) groups is 1. The molecule has 0 radical (unpaired) electrons. The van der Waals surface area contributed by atoms with Crippen LogP contribution in [0.1, 0.15) is 6.92 Å². The van der Waals surface area contributed by atoms with Gasteiger partial charge in [-0.2, -0.15) is 0 Å². The van der Waals surface area contributed by atoms with Crippen molar-refractivity contribution in [3.05, 3.63) is 24.4 Å². The van der Waals surface area contributed by atoms with E-state index in [-0.39, 0.29) is 24.4 Å². The molecule has 13 heavy (non-hydrogen) atoms. The van der Waals surface area contributed by atoms with Crippen LogP contribution < -0.4 is 11.1 Å². The van der Waals surface area contributed by atoms with Gasteiger partial charge in [0.25, 0.3) is 0 Å². The average molecular weight is 202 g/mol. The number of hydrogen-bond donors (Lipinski definition) is 2. The number of rotatable bonds is 3. The zero-order valence-corrected chi connectivity index (χ0v) is 8.04. The summed E-state index contributed by atoms with van der Waals surface area (Å²) >= 11 is 0. The van der Waals surface area contributed by atoms with Gasteiger partial charge in [0.2, 0.25) is 5.91 Å². The fraction of sp³-hybridized carbons (Fsp3) is 0.250. The molecular formula is C8H12ClN3O. The molecule has 1 heterocycles. The van der Waals surface area contributed by atoms with Crippen molar-refractivity contribution in [3.63, 3.8) is 0 Å². The molecule has 1 amide bonds. The maximum absolute atomic E-state index is 10.6. The number of aromatic nitrogens is 1. The molecule has 72 valence electrons. The quantitative estimate of drug-likeness (QED) is 0.760. The van der Waals surface area contributed by atoms with E-state index in [1.165, 1.54) is 0 Å². The van der Waals surface area contributed by atoms with E-state index < -0.39 is 0 Å². The standard InChI is InChI=1S/C8H11N3O.ClH/c1-6(8(9)12)11-7-4-2-3-5-10-7;/h2-6H,1H3,(H2,9,12)(H,10,11);1H. The van der Waals surface area contributed by atoms with Crippen molar-refractivity contribution in [1.82, 2.24) is 4.98 Å². The molecule has 1 atom stereocenters. The third-order valence-corrected chi connectivity index (χ3v) is 1.46. The van der Waals surface area contributed by atoms with Gasteiger partial charge in [0, 0.05) is 6.20 Å². The smallest absolute Gasteiger partial charge is 0.239 e. The second kappa shape index (κ2) is 5.37. The molecule has 4 nitrogen and oxygen atoms in total. The minimum Gasteiger partial charge on any atom is -0.368 e. The van der Waals surface area contributed by atoms with Crippen LogP contribution in [0.15, 0.2) is 24.4 Å². The van der Waals surface area contributed by atoms with Crippen molar-refractivity contribution >= 4 is 24.1 Å². The molecule has 0 aliphatic carbocycles. The highest BCUT2D eigenvalue weighted by Gasteiger charge is 2.07. The summed E-state index contributed by atoms with van der Waals surface area (Å²) in [5, 5.41) is 2.86. The molecule has 1 aromatic heterocycles. The van der Waals surface area contributed by atoms with Crippen molar-refractivity contribution in [2.45, 2.75) is 13.0 Å². The Morgan fingerprint density at radius 3 is 2.77 bits per heavy atom. The molecule has 0 saturated heterocycles. The van der Waals surface area contributed by atoms with Crippen LogP contribution in [-0.4, -0.2) is 16.9 Å². The molecule has 1 unspecified atom stereocenters.